The molecular formula is C33H37BrFN5O5Si. The van der Waals surface area contributed by atoms with Crippen LogP contribution in [-0.2, 0) is 34.6 Å². The van der Waals surface area contributed by atoms with E-state index in [1.165, 1.54) is 11.7 Å². The second-order valence-corrected chi connectivity index (χ2v) is 17.2. The number of fused-ring (bicyclic) bond motifs is 2. The van der Waals surface area contributed by atoms with E-state index in [0.29, 0.717) is 36.5 Å². The van der Waals surface area contributed by atoms with Gasteiger partial charge in [0.25, 0.3) is 11.5 Å². The SMILES string of the molecule is COc1cccn(-c2cccc(CN3C(=O)[C@@]4(O[C@@H](CCn5cc(CCO)nn5)[C@H]([Si](C)(C)F)[C@H]4C)c4cc(Br)ccc43)c2)c1=O. The highest BCUT2D eigenvalue weighted by atomic mass is 79.9. The summed E-state index contributed by atoms with van der Waals surface area (Å²) in [6.45, 7) is 5.96. The van der Waals surface area contributed by atoms with Crippen LogP contribution in [0.4, 0.5) is 9.80 Å². The maximum absolute atomic E-state index is 16.2. The van der Waals surface area contributed by atoms with Crippen LogP contribution < -0.4 is 15.2 Å². The number of anilines is 1. The number of aromatic nitrogens is 4. The van der Waals surface area contributed by atoms with Gasteiger partial charge in [-0.1, -0.05) is 40.2 Å². The van der Waals surface area contributed by atoms with E-state index < -0.39 is 31.6 Å². The molecule has 1 fully saturated rings. The molecule has 2 aromatic heterocycles. The highest BCUT2D eigenvalue weighted by Crippen LogP contribution is 2.60. The molecule has 6 rings (SSSR count). The normalized spacial score (nSPS) is 22.5. The van der Waals surface area contributed by atoms with Crippen LogP contribution in [0.25, 0.3) is 5.69 Å². The van der Waals surface area contributed by atoms with Gasteiger partial charge >= 0.3 is 0 Å². The molecule has 1 saturated heterocycles. The molecular weight excluding hydrogens is 673 g/mol. The average Bonchev–Trinajstić information content (AvgIpc) is 3.66. The van der Waals surface area contributed by atoms with Gasteiger partial charge in [0.15, 0.2) is 11.4 Å². The summed E-state index contributed by atoms with van der Waals surface area (Å²) in [6, 6.07) is 16.5. The van der Waals surface area contributed by atoms with E-state index in [4.69, 9.17) is 9.47 Å². The zero-order valence-electron chi connectivity index (χ0n) is 26.2. The monoisotopic (exact) mass is 709 g/mol. The molecule has 4 aromatic rings. The van der Waals surface area contributed by atoms with Crippen molar-refractivity contribution < 1.29 is 23.5 Å². The molecule has 4 atom stereocenters. The van der Waals surface area contributed by atoms with Gasteiger partial charge in [-0.05, 0) is 67.5 Å². The Morgan fingerprint density at radius 3 is 2.70 bits per heavy atom. The third-order valence-electron chi connectivity index (χ3n) is 9.18. The van der Waals surface area contributed by atoms with E-state index in [9.17, 15) is 14.7 Å². The van der Waals surface area contributed by atoms with Crippen molar-refractivity contribution in [2.45, 2.75) is 63.2 Å². The minimum absolute atomic E-state index is 0.0222. The van der Waals surface area contributed by atoms with E-state index in [-0.39, 0.29) is 30.4 Å². The van der Waals surface area contributed by atoms with Crippen molar-refractivity contribution in [2.75, 3.05) is 18.6 Å². The molecule has 0 radical (unpaired) electrons. The summed E-state index contributed by atoms with van der Waals surface area (Å²) < 4.78 is 32.3. The van der Waals surface area contributed by atoms with Crippen molar-refractivity contribution in [1.29, 1.82) is 0 Å². The summed E-state index contributed by atoms with van der Waals surface area (Å²) >= 11 is 3.59. The summed E-state index contributed by atoms with van der Waals surface area (Å²) in [5.74, 6) is -0.430. The van der Waals surface area contributed by atoms with E-state index >= 15 is 4.11 Å². The van der Waals surface area contributed by atoms with Gasteiger partial charge in [0.05, 0.1) is 31.1 Å². The van der Waals surface area contributed by atoms with Crippen LogP contribution in [0.2, 0.25) is 18.6 Å². The standard InChI is InChI=1S/C33H37BrFN5O5Si/c1-21-30(46(3,4)35)28(12-15-38-20-24(13-16-41)36-37-38)45-33(21)26-18-23(34)10-11-27(26)40(32(33)43)19-22-7-5-8-25(17-22)39-14-6-9-29(44-2)31(39)42/h5-11,14,17-18,20-21,28,30,41H,12-13,15-16,19H2,1-4H3/t21-,28+,30-,33+/m1/s1. The maximum Gasteiger partial charge on any atom is 0.297 e. The van der Waals surface area contributed by atoms with Crippen LogP contribution in [0.5, 0.6) is 5.75 Å². The number of hydrogen-bond donors (Lipinski definition) is 1. The van der Waals surface area contributed by atoms with Crippen LogP contribution in [-0.4, -0.2) is 58.8 Å². The first kappa shape index (κ1) is 32.3. The number of aliphatic hydroxyl groups is 1. The third-order valence-corrected chi connectivity index (χ3v) is 12.1. The lowest BCUT2D eigenvalue weighted by atomic mass is 9.82. The highest BCUT2D eigenvalue weighted by Gasteiger charge is 2.66. The number of halogens is 2. The number of nitrogens with zero attached hydrogens (tertiary/aromatic N) is 5. The van der Waals surface area contributed by atoms with Crippen LogP contribution in [0.15, 0.2) is 76.3 Å². The number of amides is 1. The first-order chi connectivity index (χ1) is 22.0. The number of benzene rings is 2. The number of ether oxygens (including phenoxy) is 2. The van der Waals surface area contributed by atoms with Gasteiger partial charge in [0.2, 0.25) is 8.41 Å². The zero-order chi connectivity index (χ0) is 32.8. The van der Waals surface area contributed by atoms with Crippen LogP contribution in [0, 0.1) is 5.92 Å². The second kappa shape index (κ2) is 12.5. The van der Waals surface area contributed by atoms with Crippen molar-refractivity contribution in [3.8, 4) is 11.4 Å². The predicted molar refractivity (Wildman–Crippen MR) is 177 cm³/mol. The molecule has 13 heteroatoms. The molecule has 2 aliphatic heterocycles. The number of methoxy groups -OCH3 is 1. The molecule has 0 unspecified atom stereocenters. The molecule has 1 spiro atoms. The van der Waals surface area contributed by atoms with Crippen molar-refractivity contribution in [3.63, 3.8) is 0 Å². The lowest BCUT2D eigenvalue weighted by Gasteiger charge is -2.31. The van der Waals surface area contributed by atoms with E-state index in [0.717, 1.165) is 15.6 Å². The Balaban J connectivity index is 1.34. The van der Waals surface area contributed by atoms with E-state index in [1.54, 1.807) is 47.2 Å². The molecule has 242 valence electrons. The number of pyridine rings is 1. The first-order valence-corrected chi connectivity index (χ1v) is 19.1. The Bertz CT molecular complexity index is 1830. The number of carbonyl (C=O) groups is 1. The summed E-state index contributed by atoms with van der Waals surface area (Å²) in [7, 11) is -1.88. The van der Waals surface area contributed by atoms with Gasteiger partial charge in [-0.2, -0.15) is 0 Å². The van der Waals surface area contributed by atoms with Gasteiger partial charge < -0.3 is 23.6 Å². The second-order valence-electron chi connectivity index (χ2n) is 12.5. The Morgan fingerprint density at radius 2 is 1.96 bits per heavy atom. The van der Waals surface area contributed by atoms with Crippen molar-refractivity contribution in [2.24, 2.45) is 5.92 Å². The molecule has 0 bridgehead atoms. The Kier molecular flexibility index (Phi) is 8.78. The van der Waals surface area contributed by atoms with Gasteiger partial charge in [0.1, 0.15) is 0 Å². The van der Waals surface area contributed by atoms with Crippen LogP contribution in [0.1, 0.15) is 30.2 Å². The summed E-state index contributed by atoms with van der Waals surface area (Å²) in [4.78, 5) is 29.4. The minimum atomic E-state index is -3.34. The largest absolute Gasteiger partial charge is 0.491 e. The smallest absolute Gasteiger partial charge is 0.297 e. The zero-order valence-corrected chi connectivity index (χ0v) is 28.8. The lowest BCUT2D eigenvalue weighted by molar-refractivity contribution is -0.146. The van der Waals surface area contributed by atoms with Crippen molar-refractivity contribution >= 4 is 35.9 Å². The topological polar surface area (TPSA) is 112 Å². The van der Waals surface area contributed by atoms with Crippen molar-refractivity contribution in [1.82, 2.24) is 19.6 Å². The molecule has 10 nitrogen and oxygen atoms in total. The average molecular weight is 711 g/mol. The van der Waals surface area contributed by atoms with Gasteiger partial charge in [-0.3, -0.25) is 18.8 Å². The van der Waals surface area contributed by atoms with Crippen molar-refractivity contribution in [3.05, 3.63) is 98.6 Å². The van der Waals surface area contributed by atoms with Gasteiger partial charge in [0, 0.05) is 59.1 Å². The number of carbonyl (C=O) groups excluding carboxylic acids is 1. The highest BCUT2D eigenvalue weighted by molar-refractivity contribution is 9.10. The quantitative estimate of drug-likeness (QED) is 0.179. The first-order valence-electron chi connectivity index (χ1n) is 15.3. The third kappa shape index (κ3) is 5.63. The van der Waals surface area contributed by atoms with Crippen LogP contribution in [0.3, 0.4) is 0 Å². The maximum atomic E-state index is 16.2. The predicted octanol–water partition coefficient (Wildman–Crippen LogP) is 5.15. The fourth-order valence-corrected chi connectivity index (χ4v) is 10.1. The van der Waals surface area contributed by atoms with Gasteiger partial charge in [-0.25, -0.2) is 0 Å². The fraction of sp³-hybridized carbons (Fsp3) is 0.394. The molecule has 2 aliphatic rings. The van der Waals surface area contributed by atoms with Crippen LogP contribution >= 0.6 is 15.9 Å². The number of hydrogen-bond acceptors (Lipinski definition) is 7. The molecule has 1 amide bonds. The van der Waals surface area contributed by atoms with E-state index in [2.05, 4.69) is 26.2 Å². The molecule has 0 saturated carbocycles. The lowest BCUT2D eigenvalue weighted by Crippen LogP contribution is -2.45. The van der Waals surface area contributed by atoms with E-state index in [1.807, 2.05) is 49.4 Å². The van der Waals surface area contributed by atoms with Gasteiger partial charge in [-0.15, -0.1) is 5.10 Å². The summed E-state index contributed by atoms with van der Waals surface area (Å²) in [5.41, 5.74) is 1.47. The molecule has 0 aliphatic carbocycles. The number of rotatable bonds is 10. The number of aryl methyl sites for hydroxylation is 1. The molecule has 2 aromatic carbocycles. The minimum Gasteiger partial charge on any atom is -0.491 e. The Morgan fingerprint density at radius 1 is 1.15 bits per heavy atom. The Hall–Kier alpha value is -3.65. The fourth-order valence-electron chi connectivity index (χ4n) is 7.20. The molecule has 1 N–H and O–H groups in total. The molecule has 46 heavy (non-hydrogen) atoms. The molecule has 4 heterocycles. The summed E-state index contributed by atoms with van der Waals surface area (Å²) in [5, 5.41) is 17.5. The summed E-state index contributed by atoms with van der Waals surface area (Å²) in [6.07, 6.45) is 3.79. The number of aliphatic hydroxyl groups excluding tert-OH is 1. The Labute approximate surface area is 276 Å².